The number of hydrogen-bond donors (Lipinski definition) is 2. The highest BCUT2D eigenvalue weighted by molar-refractivity contribution is 7.89. The van der Waals surface area contributed by atoms with E-state index in [2.05, 4.69) is 20.5 Å². The molecule has 0 radical (unpaired) electrons. The molecule has 90 valence electrons. The summed E-state index contributed by atoms with van der Waals surface area (Å²) in [4.78, 5) is 3.77. The molecule has 7 nitrogen and oxygen atoms in total. The van der Waals surface area contributed by atoms with Crippen LogP contribution in [0.15, 0.2) is 0 Å². The standard InChI is InChI=1S/C6H9Cl2N5O2S/c7-4-5(11-6(8)13-12-4)10-2-1-3-16(9,14)15/h1-3H2,(H2,9,14,15)(H,10,11,13). The number of nitrogens with zero attached hydrogens (tertiary/aromatic N) is 3. The predicted octanol–water partition coefficient (Wildman–Crippen LogP) is 0.269. The number of nitrogens with one attached hydrogen (secondary N) is 1. The van der Waals surface area contributed by atoms with E-state index >= 15 is 0 Å². The van der Waals surface area contributed by atoms with Gasteiger partial charge in [-0.3, -0.25) is 0 Å². The summed E-state index contributed by atoms with van der Waals surface area (Å²) in [7, 11) is -3.44. The van der Waals surface area contributed by atoms with Gasteiger partial charge < -0.3 is 5.32 Å². The second-order valence-electron chi connectivity index (χ2n) is 2.87. The molecule has 0 fully saturated rings. The van der Waals surface area contributed by atoms with Crippen LogP contribution in [-0.4, -0.2) is 35.9 Å². The molecule has 1 aromatic heterocycles. The minimum atomic E-state index is -3.44. The molecule has 0 aliphatic rings. The summed E-state index contributed by atoms with van der Waals surface area (Å²) in [6, 6.07) is 0. The van der Waals surface area contributed by atoms with Crippen LogP contribution >= 0.6 is 23.2 Å². The van der Waals surface area contributed by atoms with Crippen molar-refractivity contribution in [3.05, 3.63) is 10.4 Å². The molecule has 1 heterocycles. The highest BCUT2D eigenvalue weighted by atomic mass is 35.5. The van der Waals surface area contributed by atoms with Gasteiger partial charge in [-0.1, -0.05) is 11.6 Å². The fourth-order valence-corrected chi connectivity index (χ4v) is 1.70. The largest absolute Gasteiger partial charge is 0.367 e. The lowest BCUT2D eigenvalue weighted by atomic mass is 10.5. The monoisotopic (exact) mass is 285 g/mol. The Morgan fingerprint density at radius 2 is 2.00 bits per heavy atom. The molecule has 0 saturated carbocycles. The van der Waals surface area contributed by atoms with Crippen LogP contribution in [0.25, 0.3) is 0 Å². The second-order valence-corrected chi connectivity index (χ2v) is 5.30. The molecule has 0 atom stereocenters. The van der Waals surface area contributed by atoms with E-state index in [-0.39, 0.29) is 22.0 Å². The van der Waals surface area contributed by atoms with Crippen LogP contribution < -0.4 is 10.5 Å². The molecule has 0 unspecified atom stereocenters. The molecule has 0 saturated heterocycles. The van der Waals surface area contributed by atoms with E-state index in [4.69, 9.17) is 28.3 Å². The second kappa shape index (κ2) is 5.58. The fraction of sp³-hybridized carbons (Fsp3) is 0.500. The van der Waals surface area contributed by atoms with Crippen molar-refractivity contribution in [3.63, 3.8) is 0 Å². The summed E-state index contributed by atoms with van der Waals surface area (Å²) in [6.07, 6.45) is 0.330. The Labute approximate surface area is 102 Å². The van der Waals surface area contributed by atoms with Gasteiger partial charge in [0.1, 0.15) is 0 Å². The summed E-state index contributed by atoms with van der Waals surface area (Å²) in [6.45, 7) is 0.338. The Morgan fingerprint density at radius 1 is 1.31 bits per heavy atom. The Kier molecular flexibility index (Phi) is 4.66. The number of hydrogen-bond acceptors (Lipinski definition) is 6. The summed E-state index contributed by atoms with van der Waals surface area (Å²) < 4.78 is 21.3. The molecule has 1 rings (SSSR count). The van der Waals surface area contributed by atoms with Crippen LogP contribution in [-0.2, 0) is 10.0 Å². The molecule has 1 aromatic rings. The molecule has 3 N–H and O–H groups in total. The lowest BCUT2D eigenvalue weighted by Gasteiger charge is -2.05. The van der Waals surface area contributed by atoms with Gasteiger partial charge in [0.15, 0.2) is 11.0 Å². The van der Waals surface area contributed by atoms with E-state index in [9.17, 15) is 8.42 Å². The summed E-state index contributed by atoms with van der Waals surface area (Å²) in [5, 5.41) is 14.6. The third-order valence-electron chi connectivity index (χ3n) is 1.52. The number of rotatable bonds is 5. The maximum Gasteiger partial charge on any atom is 0.245 e. The van der Waals surface area contributed by atoms with Gasteiger partial charge in [0.25, 0.3) is 0 Å². The van der Waals surface area contributed by atoms with Crippen molar-refractivity contribution in [2.45, 2.75) is 6.42 Å². The van der Waals surface area contributed by atoms with Gasteiger partial charge in [-0.25, -0.2) is 13.6 Å². The van der Waals surface area contributed by atoms with Crippen LogP contribution in [0.1, 0.15) is 6.42 Å². The average Bonchev–Trinajstić information content (AvgIpc) is 2.16. The molecule has 0 aromatic carbocycles. The Balaban J connectivity index is 2.46. The zero-order valence-corrected chi connectivity index (χ0v) is 10.3. The molecule has 0 spiro atoms. The van der Waals surface area contributed by atoms with Gasteiger partial charge in [-0.2, -0.15) is 4.98 Å². The first-order chi connectivity index (χ1) is 7.38. The third kappa shape index (κ3) is 4.88. The smallest absolute Gasteiger partial charge is 0.245 e. The maximum atomic E-state index is 10.6. The van der Waals surface area contributed by atoms with E-state index in [1.54, 1.807) is 0 Å². The number of anilines is 1. The van der Waals surface area contributed by atoms with Crippen molar-refractivity contribution < 1.29 is 8.42 Å². The van der Waals surface area contributed by atoms with Crippen molar-refractivity contribution >= 4 is 39.0 Å². The van der Waals surface area contributed by atoms with Gasteiger partial charge in [-0.15, -0.1) is 10.2 Å². The molecule has 16 heavy (non-hydrogen) atoms. The van der Waals surface area contributed by atoms with Crippen molar-refractivity contribution in [2.24, 2.45) is 5.14 Å². The van der Waals surface area contributed by atoms with Gasteiger partial charge >= 0.3 is 0 Å². The lowest BCUT2D eigenvalue weighted by molar-refractivity contribution is 0.595. The van der Waals surface area contributed by atoms with Crippen LogP contribution in [0, 0.1) is 0 Å². The minimum Gasteiger partial charge on any atom is -0.367 e. The van der Waals surface area contributed by atoms with Gasteiger partial charge in [0.05, 0.1) is 5.75 Å². The van der Waals surface area contributed by atoms with Crippen LogP contribution in [0.3, 0.4) is 0 Å². The Bertz CT molecular complexity index is 466. The van der Waals surface area contributed by atoms with E-state index in [0.29, 0.717) is 13.0 Å². The lowest BCUT2D eigenvalue weighted by Crippen LogP contribution is -2.19. The third-order valence-corrected chi connectivity index (χ3v) is 2.79. The van der Waals surface area contributed by atoms with Gasteiger partial charge in [0.2, 0.25) is 15.3 Å². The SMILES string of the molecule is NS(=O)(=O)CCCNc1nc(Cl)nnc1Cl. The molecular formula is C6H9Cl2N5O2S. The molecule has 0 bridgehead atoms. The van der Waals surface area contributed by atoms with Gasteiger partial charge in [0, 0.05) is 6.54 Å². The first kappa shape index (κ1) is 13.4. The number of aromatic nitrogens is 3. The first-order valence-electron chi connectivity index (χ1n) is 4.18. The fourth-order valence-electron chi connectivity index (χ4n) is 0.886. The quantitative estimate of drug-likeness (QED) is 0.751. The molecule has 10 heteroatoms. The highest BCUT2D eigenvalue weighted by Crippen LogP contribution is 2.16. The van der Waals surface area contributed by atoms with Crippen LogP contribution in [0.4, 0.5) is 5.82 Å². The van der Waals surface area contributed by atoms with E-state index < -0.39 is 10.0 Å². The van der Waals surface area contributed by atoms with Crippen molar-refractivity contribution in [1.29, 1.82) is 0 Å². The van der Waals surface area contributed by atoms with E-state index in [1.807, 2.05) is 0 Å². The van der Waals surface area contributed by atoms with E-state index in [1.165, 1.54) is 0 Å². The maximum absolute atomic E-state index is 10.6. The molecule has 0 amide bonds. The number of primary sulfonamides is 1. The summed E-state index contributed by atoms with van der Waals surface area (Å²) >= 11 is 11.2. The molecule has 0 aliphatic carbocycles. The summed E-state index contributed by atoms with van der Waals surface area (Å²) in [5.41, 5.74) is 0. The first-order valence-corrected chi connectivity index (χ1v) is 6.66. The van der Waals surface area contributed by atoms with Crippen LogP contribution in [0.2, 0.25) is 10.4 Å². The number of halogens is 2. The number of sulfonamides is 1. The highest BCUT2D eigenvalue weighted by Gasteiger charge is 2.06. The molecule has 0 aliphatic heterocycles. The Morgan fingerprint density at radius 3 is 2.62 bits per heavy atom. The van der Waals surface area contributed by atoms with Crippen molar-refractivity contribution in [1.82, 2.24) is 15.2 Å². The van der Waals surface area contributed by atoms with Gasteiger partial charge in [-0.05, 0) is 18.0 Å². The summed E-state index contributed by atoms with van der Waals surface area (Å²) in [5.74, 6) is 0.139. The molecular weight excluding hydrogens is 277 g/mol. The van der Waals surface area contributed by atoms with Crippen molar-refractivity contribution in [2.75, 3.05) is 17.6 Å². The zero-order chi connectivity index (χ0) is 12.2. The van der Waals surface area contributed by atoms with Crippen molar-refractivity contribution in [3.8, 4) is 0 Å². The number of nitrogens with two attached hydrogens (primary N) is 1. The Hall–Kier alpha value is -0.700. The topological polar surface area (TPSA) is 111 Å². The minimum absolute atomic E-state index is 0.0432. The van der Waals surface area contributed by atoms with E-state index in [0.717, 1.165) is 0 Å². The average molecular weight is 286 g/mol. The van der Waals surface area contributed by atoms with Crippen LogP contribution in [0.5, 0.6) is 0 Å². The predicted molar refractivity (Wildman–Crippen MR) is 60.9 cm³/mol. The normalized spacial score (nSPS) is 11.4. The zero-order valence-electron chi connectivity index (χ0n) is 8.02.